The fourth-order valence-corrected chi connectivity index (χ4v) is 2.42. The van der Waals surface area contributed by atoms with Crippen LogP contribution in [0.4, 0.5) is 0 Å². The zero-order chi connectivity index (χ0) is 19.2. The number of ether oxygens (including phenoxy) is 1. The minimum Gasteiger partial charge on any atom is -0.394 e. The SMILES string of the molecule is C=CC[C@@H](CC(=O)NCCOCCO)C(=O)N[C@H](CO)c1ccccc1. The first-order chi connectivity index (χ1) is 12.6. The summed E-state index contributed by atoms with van der Waals surface area (Å²) in [5, 5.41) is 23.6. The van der Waals surface area contributed by atoms with Crippen LogP contribution in [0.2, 0.25) is 0 Å². The summed E-state index contributed by atoms with van der Waals surface area (Å²) in [6.45, 7) is 4.17. The number of hydrogen-bond acceptors (Lipinski definition) is 5. The number of allylic oxidation sites excluding steroid dienone is 1. The van der Waals surface area contributed by atoms with E-state index in [-0.39, 0.29) is 38.1 Å². The molecule has 0 radical (unpaired) electrons. The second-order valence-electron chi connectivity index (χ2n) is 5.77. The van der Waals surface area contributed by atoms with Gasteiger partial charge in [0.1, 0.15) is 0 Å². The number of carbonyl (C=O) groups excluding carboxylic acids is 2. The normalized spacial score (nSPS) is 12.8. The van der Waals surface area contributed by atoms with E-state index < -0.39 is 12.0 Å². The van der Waals surface area contributed by atoms with Crippen molar-refractivity contribution in [1.29, 1.82) is 0 Å². The van der Waals surface area contributed by atoms with Crippen LogP contribution in [0.5, 0.6) is 0 Å². The van der Waals surface area contributed by atoms with Crippen molar-refractivity contribution in [2.45, 2.75) is 18.9 Å². The van der Waals surface area contributed by atoms with Gasteiger partial charge < -0.3 is 25.6 Å². The van der Waals surface area contributed by atoms with Crippen LogP contribution in [-0.2, 0) is 14.3 Å². The maximum atomic E-state index is 12.5. The lowest BCUT2D eigenvalue weighted by Gasteiger charge is -2.21. The molecule has 26 heavy (non-hydrogen) atoms. The van der Waals surface area contributed by atoms with E-state index in [2.05, 4.69) is 17.2 Å². The molecule has 0 spiro atoms. The van der Waals surface area contributed by atoms with Crippen molar-refractivity contribution >= 4 is 11.8 Å². The second-order valence-corrected chi connectivity index (χ2v) is 5.77. The molecule has 7 nitrogen and oxygen atoms in total. The van der Waals surface area contributed by atoms with Gasteiger partial charge in [-0.1, -0.05) is 36.4 Å². The molecule has 0 aliphatic carbocycles. The minimum absolute atomic E-state index is 0.0186. The molecule has 0 unspecified atom stereocenters. The smallest absolute Gasteiger partial charge is 0.224 e. The third kappa shape index (κ3) is 8.24. The summed E-state index contributed by atoms with van der Waals surface area (Å²) >= 11 is 0. The summed E-state index contributed by atoms with van der Waals surface area (Å²) in [5.41, 5.74) is 0.797. The Hall–Kier alpha value is -2.22. The maximum absolute atomic E-state index is 12.5. The fourth-order valence-electron chi connectivity index (χ4n) is 2.42. The van der Waals surface area contributed by atoms with Gasteiger partial charge >= 0.3 is 0 Å². The summed E-state index contributed by atoms with van der Waals surface area (Å²) in [6, 6.07) is 8.64. The monoisotopic (exact) mass is 364 g/mol. The van der Waals surface area contributed by atoms with Gasteiger partial charge in [0, 0.05) is 13.0 Å². The topological polar surface area (TPSA) is 108 Å². The molecule has 1 rings (SSSR count). The number of hydrogen-bond donors (Lipinski definition) is 4. The molecule has 0 aromatic heterocycles. The average molecular weight is 364 g/mol. The third-order valence-electron chi connectivity index (χ3n) is 3.76. The van der Waals surface area contributed by atoms with Crippen LogP contribution in [0, 0.1) is 5.92 Å². The summed E-state index contributed by atoms with van der Waals surface area (Å²) in [5.74, 6) is -1.14. The Morgan fingerprint density at radius 2 is 1.92 bits per heavy atom. The molecule has 4 N–H and O–H groups in total. The van der Waals surface area contributed by atoms with E-state index in [0.29, 0.717) is 19.6 Å². The number of benzene rings is 1. The molecule has 1 aromatic carbocycles. The van der Waals surface area contributed by atoms with E-state index in [9.17, 15) is 14.7 Å². The molecular weight excluding hydrogens is 336 g/mol. The zero-order valence-corrected chi connectivity index (χ0v) is 14.9. The second kappa shape index (κ2) is 13.0. The van der Waals surface area contributed by atoms with Crippen molar-refractivity contribution in [3.05, 3.63) is 48.6 Å². The van der Waals surface area contributed by atoms with Gasteiger partial charge in [0.05, 0.1) is 38.4 Å². The van der Waals surface area contributed by atoms with Crippen molar-refractivity contribution in [2.24, 2.45) is 5.92 Å². The number of amides is 2. The summed E-state index contributed by atoms with van der Waals surface area (Å²) in [7, 11) is 0. The van der Waals surface area contributed by atoms with Crippen LogP contribution in [0.3, 0.4) is 0 Å². The number of rotatable bonds is 13. The van der Waals surface area contributed by atoms with E-state index in [1.54, 1.807) is 6.08 Å². The quantitative estimate of drug-likeness (QED) is 0.302. The van der Waals surface area contributed by atoms with Crippen molar-refractivity contribution in [1.82, 2.24) is 10.6 Å². The first kappa shape index (κ1) is 21.8. The van der Waals surface area contributed by atoms with Crippen LogP contribution < -0.4 is 10.6 Å². The predicted octanol–water partition coefficient (Wildman–Crippen LogP) is 0.544. The van der Waals surface area contributed by atoms with E-state index in [0.717, 1.165) is 5.56 Å². The number of carbonyl (C=O) groups is 2. The lowest BCUT2D eigenvalue weighted by atomic mass is 9.98. The highest BCUT2D eigenvalue weighted by molar-refractivity contribution is 5.86. The minimum atomic E-state index is -0.566. The summed E-state index contributed by atoms with van der Waals surface area (Å²) in [4.78, 5) is 24.5. The highest BCUT2D eigenvalue weighted by atomic mass is 16.5. The Kier molecular flexibility index (Phi) is 10.9. The number of aliphatic hydroxyl groups is 2. The fraction of sp³-hybridized carbons (Fsp3) is 0.474. The molecular formula is C19H28N2O5. The van der Waals surface area contributed by atoms with Crippen molar-refractivity contribution < 1.29 is 24.5 Å². The largest absolute Gasteiger partial charge is 0.394 e. The molecule has 0 heterocycles. The van der Waals surface area contributed by atoms with Crippen LogP contribution in [0.1, 0.15) is 24.4 Å². The predicted molar refractivity (Wildman–Crippen MR) is 98.2 cm³/mol. The van der Waals surface area contributed by atoms with E-state index in [4.69, 9.17) is 9.84 Å². The molecule has 7 heteroatoms. The molecule has 144 valence electrons. The molecule has 1 aromatic rings. The lowest BCUT2D eigenvalue weighted by molar-refractivity contribution is -0.131. The zero-order valence-electron chi connectivity index (χ0n) is 14.9. The van der Waals surface area contributed by atoms with Gasteiger partial charge in [0.2, 0.25) is 11.8 Å². The highest BCUT2D eigenvalue weighted by Crippen LogP contribution is 2.15. The number of aliphatic hydroxyl groups excluding tert-OH is 2. The van der Waals surface area contributed by atoms with Crippen molar-refractivity contribution in [3.63, 3.8) is 0 Å². The summed E-state index contributed by atoms with van der Waals surface area (Å²) in [6.07, 6.45) is 1.97. The summed E-state index contributed by atoms with van der Waals surface area (Å²) < 4.78 is 5.06. The molecule has 0 aliphatic heterocycles. The van der Waals surface area contributed by atoms with Crippen molar-refractivity contribution in [3.8, 4) is 0 Å². The molecule has 2 atom stereocenters. The maximum Gasteiger partial charge on any atom is 0.224 e. The van der Waals surface area contributed by atoms with Crippen LogP contribution >= 0.6 is 0 Å². The molecule has 0 bridgehead atoms. The van der Waals surface area contributed by atoms with Crippen molar-refractivity contribution in [2.75, 3.05) is 33.0 Å². The van der Waals surface area contributed by atoms with E-state index >= 15 is 0 Å². The van der Waals surface area contributed by atoms with E-state index in [1.807, 2.05) is 30.3 Å². The highest BCUT2D eigenvalue weighted by Gasteiger charge is 2.23. The van der Waals surface area contributed by atoms with Gasteiger partial charge in [-0.3, -0.25) is 9.59 Å². The van der Waals surface area contributed by atoms with Crippen LogP contribution in [-0.4, -0.2) is 55.0 Å². The van der Waals surface area contributed by atoms with Gasteiger partial charge in [-0.15, -0.1) is 6.58 Å². The standard InChI is InChI=1S/C19H28N2O5/c1-2-6-16(13-18(24)20-9-11-26-12-10-22)19(25)21-17(14-23)15-7-4-3-5-8-15/h2-5,7-8,16-17,22-23H,1,6,9-14H2,(H,20,24)(H,21,25)/t16-,17+/m0/s1. The van der Waals surface area contributed by atoms with Gasteiger partial charge in [-0.05, 0) is 12.0 Å². The lowest BCUT2D eigenvalue weighted by Crippen LogP contribution is -2.38. The Morgan fingerprint density at radius 3 is 2.54 bits per heavy atom. The molecule has 0 saturated carbocycles. The molecule has 0 saturated heterocycles. The molecule has 0 aliphatic rings. The van der Waals surface area contributed by atoms with Gasteiger partial charge in [0.25, 0.3) is 0 Å². The Bertz CT molecular complexity index is 550. The average Bonchev–Trinajstić information content (AvgIpc) is 2.66. The Balaban J connectivity index is 2.54. The van der Waals surface area contributed by atoms with E-state index in [1.165, 1.54) is 0 Å². The van der Waals surface area contributed by atoms with Gasteiger partial charge in [0.15, 0.2) is 0 Å². The number of nitrogens with one attached hydrogen (secondary N) is 2. The third-order valence-corrected chi connectivity index (χ3v) is 3.76. The first-order valence-corrected chi connectivity index (χ1v) is 8.64. The van der Waals surface area contributed by atoms with Gasteiger partial charge in [-0.2, -0.15) is 0 Å². The van der Waals surface area contributed by atoms with Crippen LogP contribution in [0.25, 0.3) is 0 Å². The van der Waals surface area contributed by atoms with Crippen LogP contribution in [0.15, 0.2) is 43.0 Å². The molecule has 0 fully saturated rings. The molecule has 2 amide bonds. The van der Waals surface area contributed by atoms with Gasteiger partial charge in [-0.25, -0.2) is 0 Å². The Labute approximate surface area is 154 Å². The Morgan fingerprint density at radius 1 is 1.19 bits per heavy atom. The first-order valence-electron chi connectivity index (χ1n) is 8.64.